The van der Waals surface area contributed by atoms with Crippen LogP contribution in [0.3, 0.4) is 0 Å². The van der Waals surface area contributed by atoms with Crippen LogP contribution in [0.5, 0.6) is 0 Å². The molecule has 1 heterocycles. The summed E-state index contributed by atoms with van der Waals surface area (Å²) in [5, 5.41) is 0. The Hall–Kier alpha value is -1.81. The van der Waals surface area contributed by atoms with Gasteiger partial charge in [0, 0.05) is 12.7 Å². The molecule has 1 aromatic heterocycles. The second kappa shape index (κ2) is 4.14. The Morgan fingerprint density at radius 1 is 1.33 bits per heavy atom. The summed E-state index contributed by atoms with van der Waals surface area (Å²) in [7, 11) is 1.51. The SMILES string of the molecule is COCn1oc(-c2ccccc2)cc1=O. The fraction of sp³-hybridized carbons (Fsp3) is 0.182. The highest BCUT2D eigenvalue weighted by Gasteiger charge is 2.06. The molecule has 0 aliphatic heterocycles. The van der Waals surface area contributed by atoms with Crippen molar-refractivity contribution in [3.05, 3.63) is 46.8 Å². The second-order valence-electron chi connectivity index (χ2n) is 3.10. The molecule has 0 saturated heterocycles. The third kappa shape index (κ3) is 1.99. The van der Waals surface area contributed by atoms with Crippen molar-refractivity contribution in [3.8, 4) is 11.3 Å². The molecule has 78 valence electrons. The van der Waals surface area contributed by atoms with Crippen LogP contribution >= 0.6 is 0 Å². The number of ether oxygens (including phenoxy) is 1. The molecule has 0 aliphatic carbocycles. The van der Waals surface area contributed by atoms with E-state index in [9.17, 15) is 4.79 Å². The molecule has 0 saturated carbocycles. The molecule has 15 heavy (non-hydrogen) atoms. The lowest BCUT2D eigenvalue weighted by atomic mass is 10.2. The monoisotopic (exact) mass is 205 g/mol. The van der Waals surface area contributed by atoms with Crippen LogP contribution in [0.15, 0.2) is 45.7 Å². The molecule has 0 aliphatic rings. The van der Waals surface area contributed by atoms with Crippen LogP contribution in [-0.2, 0) is 11.5 Å². The maximum absolute atomic E-state index is 11.4. The Morgan fingerprint density at radius 3 is 2.73 bits per heavy atom. The first kappa shape index (κ1) is 9.73. The van der Waals surface area contributed by atoms with E-state index in [4.69, 9.17) is 9.26 Å². The van der Waals surface area contributed by atoms with E-state index in [1.165, 1.54) is 17.9 Å². The molecule has 0 radical (unpaired) electrons. The topological polar surface area (TPSA) is 44.4 Å². The van der Waals surface area contributed by atoms with Gasteiger partial charge in [0.05, 0.1) is 6.07 Å². The van der Waals surface area contributed by atoms with E-state index < -0.39 is 0 Å². The Bertz CT molecular complexity index is 484. The number of nitrogens with zero attached hydrogens (tertiary/aromatic N) is 1. The lowest BCUT2D eigenvalue weighted by Crippen LogP contribution is -2.13. The molecule has 4 heteroatoms. The highest BCUT2D eigenvalue weighted by atomic mass is 16.6. The van der Waals surface area contributed by atoms with Crippen molar-refractivity contribution in [2.24, 2.45) is 0 Å². The van der Waals surface area contributed by atoms with Gasteiger partial charge in [0.2, 0.25) is 0 Å². The van der Waals surface area contributed by atoms with Gasteiger partial charge in [-0.3, -0.25) is 4.79 Å². The van der Waals surface area contributed by atoms with Crippen molar-refractivity contribution < 1.29 is 9.26 Å². The Kier molecular flexibility index (Phi) is 2.69. The number of methoxy groups -OCH3 is 1. The highest BCUT2D eigenvalue weighted by Crippen LogP contribution is 2.16. The van der Waals surface area contributed by atoms with E-state index >= 15 is 0 Å². The highest BCUT2D eigenvalue weighted by molar-refractivity contribution is 5.55. The van der Waals surface area contributed by atoms with E-state index in [1.54, 1.807) is 0 Å². The first-order valence-corrected chi connectivity index (χ1v) is 4.57. The first-order chi connectivity index (χ1) is 7.31. The van der Waals surface area contributed by atoms with Gasteiger partial charge < -0.3 is 9.26 Å². The van der Waals surface area contributed by atoms with Crippen molar-refractivity contribution in [3.63, 3.8) is 0 Å². The summed E-state index contributed by atoms with van der Waals surface area (Å²) < 4.78 is 11.3. The van der Waals surface area contributed by atoms with Gasteiger partial charge in [-0.2, -0.15) is 0 Å². The molecule has 0 fully saturated rings. The van der Waals surface area contributed by atoms with Crippen molar-refractivity contribution in [2.75, 3.05) is 7.11 Å². The van der Waals surface area contributed by atoms with Crippen molar-refractivity contribution in [1.29, 1.82) is 0 Å². The third-order valence-electron chi connectivity index (χ3n) is 2.01. The molecule has 2 aromatic rings. The Labute approximate surface area is 86.7 Å². The van der Waals surface area contributed by atoms with Crippen LogP contribution in [-0.4, -0.2) is 11.8 Å². The fourth-order valence-electron chi connectivity index (χ4n) is 1.32. The van der Waals surface area contributed by atoms with Gasteiger partial charge in [0.1, 0.15) is 0 Å². The number of rotatable bonds is 3. The fourth-order valence-corrected chi connectivity index (χ4v) is 1.32. The number of hydrogen-bond donors (Lipinski definition) is 0. The predicted molar refractivity (Wildman–Crippen MR) is 55.4 cm³/mol. The summed E-state index contributed by atoms with van der Waals surface area (Å²) in [6, 6.07) is 10.9. The normalized spacial score (nSPS) is 10.5. The molecule has 1 aromatic carbocycles. The van der Waals surface area contributed by atoms with Gasteiger partial charge >= 0.3 is 0 Å². The zero-order valence-electron chi connectivity index (χ0n) is 8.34. The number of hydrogen-bond acceptors (Lipinski definition) is 3. The van der Waals surface area contributed by atoms with E-state index in [0.29, 0.717) is 5.76 Å². The largest absolute Gasteiger partial charge is 0.373 e. The number of aromatic nitrogens is 1. The van der Waals surface area contributed by atoms with Gasteiger partial charge in [-0.15, -0.1) is 4.74 Å². The lowest BCUT2D eigenvalue weighted by molar-refractivity contribution is 0.0604. The van der Waals surface area contributed by atoms with Crippen molar-refractivity contribution in [1.82, 2.24) is 4.74 Å². The second-order valence-corrected chi connectivity index (χ2v) is 3.10. The minimum atomic E-state index is -0.198. The van der Waals surface area contributed by atoms with E-state index in [-0.39, 0.29) is 12.3 Å². The minimum Gasteiger partial charge on any atom is -0.373 e. The first-order valence-electron chi connectivity index (χ1n) is 4.57. The summed E-state index contributed by atoms with van der Waals surface area (Å²) in [5.41, 5.74) is 0.681. The van der Waals surface area contributed by atoms with Crippen molar-refractivity contribution in [2.45, 2.75) is 6.73 Å². The summed E-state index contributed by atoms with van der Waals surface area (Å²) >= 11 is 0. The zero-order chi connectivity index (χ0) is 10.7. The molecule has 0 bridgehead atoms. The van der Waals surface area contributed by atoms with Gasteiger partial charge in [-0.25, -0.2) is 0 Å². The third-order valence-corrected chi connectivity index (χ3v) is 2.01. The van der Waals surface area contributed by atoms with Crippen LogP contribution in [0.2, 0.25) is 0 Å². The summed E-state index contributed by atoms with van der Waals surface area (Å²) in [4.78, 5) is 11.4. The zero-order valence-corrected chi connectivity index (χ0v) is 8.34. The Balaban J connectivity index is 2.39. The van der Waals surface area contributed by atoms with E-state index in [1.807, 2.05) is 30.3 Å². The average Bonchev–Trinajstić information content (AvgIpc) is 2.63. The van der Waals surface area contributed by atoms with E-state index in [2.05, 4.69) is 0 Å². The summed E-state index contributed by atoms with van der Waals surface area (Å²) in [6.45, 7) is 0.131. The van der Waals surface area contributed by atoms with Gasteiger partial charge in [0.25, 0.3) is 5.56 Å². The molecule has 0 unspecified atom stereocenters. The molecular formula is C11H11NO3. The maximum atomic E-state index is 11.4. The standard InChI is InChI=1S/C11H11NO3/c1-14-8-12-11(13)7-10(15-12)9-5-3-2-4-6-9/h2-7H,8H2,1H3. The van der Waals surface area contributed by atoms with Gasteiger partial charge in [0.15, 0.2) is 12.5 Å². The summed E-state index contributed by atoms with van der Waals surface area (Å²) in [5.74, 6) is 0.553. The van der Waals surface area contributed by atoms with E-state index in [0.717, 1.165) is 5.56 Å². The molecule has 0 spiro atoms. The number of benzene rings is 1. The van der Waals surface area contributed by atoms with Crippen LogP contribution in [0.25, 0.3) is 11.3 Å². The quantitative estimate of drug-likeness (QED) is 0.766. The predicted octanol–water partition coefficient (Wildman–Crippen LogP) is 1.71. The molecule has 4 nitrogen and oxygen atoms in total. The van der Waals surface area contributed by atoms with Crippen LogP contribution in [0, 0.1) is 0 Å². The van der Waals surface area contributed by atoms with Crippen molar-refractivity contribution >= 4 is 0 Å². The average molecular weight is 205 g/mol. The Morgan fingerprint density at radius 2 is 2.07 bits per heavy atom. The van der Waals surface area contributed by atoms with Crippen LogP contribution in [0.4, 0.5) is 0 Å². The van der Waals surface area contributed by atoms with Crippen LogP contribution in [0.1, 0.15) is 0 Å². The van der Waals surface area contributed by atoms with Gasteiger partial charge in [-0.05, 0) is 0 Å². The van der Waals surface area contributed by atoms with Gasteiger partial charge in [-0.1, -0.05) is 30.3 Å². The maximum Gasteiger partial charge on any atom is 0.285 e. The lowest BCUT2D eigenvalue weighted by Gasteiger charge is -1.97. The molecule has 0 atom stereocenters. The molecule has 0 N–H and O–H groups in total. The summed E-state index contributed by atoms with van der Waals surface area (Å²) in [6.07, 6.45) is 0. The smallest absolute Gasteiger partial charge is 0.285 e. The minimum absolute atomic E-state index is 0.131. The molecular weight excluding hydrogens is 194 g/mol. The molecule has 2 rings (SSSR count). The van der Waals surface area contributed by atoms with Crippen LogP contribution < -0.4 is 5.56 Å². The molecule has 0 amide bonds.